The van der Waals surface area contributed by atoms with Crippen molar-refractivity contribution in [2.24, 2.45) is 0 Å². The van der Waals surface area contributed by atoms with Crippen molar-refractivity contribution >= 4 is 11.7 Å². The second-order valence-corrected chi connectivity index (χ2v) is 4.40. The number of amides is 1. The first-order valence-electron chi connectivity index (χ1n) is 6.29. The van der Waals surface area contributed by atoms with Crippen LogP contribution in [0.1, 0.15) is 30.1 Å². The lowest BCUT2D eigenvalue weighted by Crippen LogP contribution is -2.47. The maximum absolute atomic E-state index is 11.9. The molecule has 2 N–H and O–H groups in total. The topological polar surface area (TPSA) is 63.2 Å². The Morgan fingerprint density at radius 3 is 2.83 bits per heavy atom. The summed E-state index contributed by atoms with van der Waals surface area (Å²) in [5.74, 6) is 0.691. The van der Waals surface area contributed by atoms with Crippen molar-refractivity contribution in [3.8, 4) is 0 Å². The second kappa shape index (κ2) is 5.82. The zero-order chi connectivity index (χ0) is 13.0. The summed E-state index contributed by atoms with van der Waals surface area (Å²) in [5.41, 5.74) is 0.592. The Morgan fingerprint density at radius 1 is 1.50 bits per heavy atom. The molecule has 0 saturated heterocycles. The van der Waals surface area contributed by atoms with E-state index < -0.39 is 0 Å². The Balaban J connectivity index is 1.81. The fraction of sp³-hybridized carbons (Fsp3) is 0.538. The quantitative estimate of drug-likeness (QED) is 0.828. The monoisotopic (exact) mass is 249 g/mol. The van der Waals surface area contributed by atoms with E-state index >= 15 is 0 Å². The number of nitrogens with zero attached hydrogens (tertiary/aromatic N) is 1. The zero-order valence-corrected chi connectivity index (χ0v) is 10.8. The van der Waals surface area contributed by atoms with Crippen molar-refractivity contribution < 1.29 is 9.53 Å². The number of ether oxygens (including phenoxy) is 1. The van der Waals surface area contributed by atoms with E-state index in [4.69, 9.17) is 4.74 Å². The first-order valence-corrected chi connectivity index (χ1v) is 6.29. The average Bonchev–Trinajstić information content (AvgIpc) is 2.36. The minimum atomic E-state index is -0.0647. The fourth-order valence-corrected chi connectivity index (χ4v) is 2.00. The highest BCUT2D eigenvalue weighted by Crippen LogP contribution is 2.23. The van der Waals surface area contributed by atoms with Gasteiger partial charge in [0.05, 0.1) is 11.7 Å². The molecule has 1 saturated carbocycles. The Labute approximate surface area is 107 Å². The minimum absolute atomic E-state index is 0.0647. The molecule has 0 unspecified atom stereocenters. The molecule has 1 aromatic rings. The largest absolute Gasteiger partial charge is 0.378 e. The molecule has 1 aliphatic rings. The van der Waals surface area contributed by atoms with E-state index in [0.717, 1.165) is 25.3 Å². The first kappa shape index (κ1) is 12.8. The third-order valence-corrected chi connectivity index (χ3v) is 3.11. The molecule has 98 valence electrons. The first-order chi connectivity index (χ1) is 8.72. The predicted molar refractivity (Wildman–Crippen MR) is 69.7 cm³/mol. The molecule has 0 aromatic carbocycles. The van der Waals surface area contributed by atoms with Crippen LogP contribution in [0.15, 0.2) is 18.3 Å². The molecule has 1 aliphatic carbocycles. The molecule has 1 heterocycles. The molecule has 0 radical (unpaired) electrons. The van der Waals surface area contributed by atoms with Crippen molar-refractivity contribution in [2.45, 2.75) is 31.9 Å². The van der Waals surface area contributed by atoms with Gasteiger partial charge in [-0.1, -0.05) is 0 Å². The van der Waals surface area contributed by atoms with Crippen LogP contribution in [-0.4, -0.2) is 36.7 Å². The molecule has 2 rings (SSSR count). The van der Waals surface area contributed by atoms with Gasteiger partial charge in [0.2, 0.25) is 0 Å². The van der Waals surface area contributed by atoms with Crippen molar-refractivity contribution in [3.05, 3.63) is 23.9 Å². The van der Waals surface area contributed by atoms with Gasteiger partial charge in [0.25, 0.3) is 5.91 Å². The van der Waals surface area contributed by atoms with Crippen LogP contribution in [0.2, 0.25) is 0 Å². The van der Waals surface area contributed by atoms with Crippen LogP contribution in [0.5, 0.6) is 0 Å². The van der Waals surface area contributed by atoms with Gasteiger partial charge in [0.15, 0.2) is 0 Å². The number of hydrogen-bond donors (Lipinski definition) is 2. The lowest BCUT2D eigenvalue weighted by atomic mass is 9.89. The maximum atomic E-state index is 11.9. The molecule has 1 fully saturated rings. The third-order valence-electron chi connectivity index (χ3n) is 3.11. The summed E-state index contributed by atoms with van der Waals surface area (Å²) in [6, 6.07) is 3.80. The predicted octanol–water partition coefficient (Wildman–Crippen LogP) is 1.42. The van der Waals surface area contributed by atoms with Gasteiger partial charge in [-0.3, -0.25) is 4.79 Å². The van der Waals surface area contributed by atoms with E-state index in [9.17, 15) is 4.79 Å². The van der Waals surface area contributed by atoms with E-state index in [1.165, 1.54) is 0 Å². The number of carbonyl (C=O) groups is 1. The molecule has 1 amide bonds. The highest BCUT2D eigenvalue weighted by Gasteiger charge is 2.30. The van der Waals surface area contributed by atoms with Crippen molar-refractivity contribution in [1.29, 1.82) is 0 Å². The Hall–Kier alpha value is -1.62. The van der Waals surface area contributed by atoms with Crippen LogP contribution in [0, 0.1) is 0 Å². The van der Waals surface area contributed by atoms with Gasteiger partial charge in [-0.25, -0.2) is 4.98 Å². The van der Waals surface area contributed by atoms with Crippen LogP contribution in [-0.2, 0) is 4.74 Å². The van der Waals surface area contributed by atoms with Crippen LogP contribution in [0.4, 0.5) is 5.82 Å². The van der Waals surface area contributed by atoms with Crippen molar-refractivity contribution in [1.82, 2.24) is 10.3 Å². The van der Waals surface area contributed by atoms with Gasteiger partial charge in [0, 0.05) is 25.9 Å². The third kappa shape index (κ3) is 2.98. The smallest absolute Gasteiger partial charge is 0.253 e. The van der Waals surface area contributed by atoms with Crippen molar-refractivity contribution in [2.75, 3.05) is 19.0 Å². The summed E-state index contributed by atoms with van der Waals surface area (Å²) in [7, 11) is 1.80. The molecule has 0 bridgehead atoms. The number of aromatic nitrogens is 1. The summed E-state index contributed by atoms with van der Waals surface area (Å²) in [6.45, 7) is 2.72. The second-order valence-electron chi connectivity index (χ2n) is 4.40. The van der Waals surface area contributed by atoms with Gasteiger partial charge in [-0.05, 0) is 31.9 Å². The van der Waals surface area contributed by atoms with E-state index in [1.54, 1.807) is 25.4 Å². The van der Waals surface area contributed by atoms with Gasteiger partial charge >= 0.3 is 0 Å². The van der Waals surface area contributed by atoms with Gasteiger partial charge in [0.1, 0.15) is 5.82 Å². The molecule has 1 aromatic heterocycles. The zero-order valence-electron chi connectivity index (χ0n) is 10.8. The number of rotatable bonds is 5. The molecule has 5 nitrogen and oxygen atoms in total. The summed E-state index contributed by atoms with van der Waals surface area (Å²) >= 11 is 0. The van der Waals surface area contributed by atoms with Gasteiger partial charge < -0.3 is 15.4 Å². The number of nitrogens with one attached hydrogen (secondary N) is 2. The van der Waals surface area contributed by atoms with Gasteiger partial charge in [-0.2, -0.15) is 0 Å². The van der Waals surface area contributed by atoms with E-state index in [-0.39, 0.29) is 11.9 Å². The molecular formula is C13H19N3O2. The lowest BCUT2D eigenvalue weighted by Gasteiger charge is -2.35. The SMILES string of the molecule is CCOC1CC(NC(=O)c2ccc(NC)nc2)C1. The molecule has 0 aliphatic heterocycles. The average molecular weight is 249 g/mol. The Kier molecular flexibility index (Phi) is 4.15. The highest BCUT2D eigenvalue weighted by molar-refractivity contribution is 5.94. The van der Waals surface area contributed by atoms with E-state index in [2.05, 4.69) is 15.6 Å². The molecular weight excluding hydrogens is 230 g/mol. The number of carbonyl (C=O) groups excluding carboxylic acids is 1. The Bertz CT molecular complexity index is 399. The lowest BCUT2D eigenvalue weighted by molar-refractivity contribution is -0.00862. The van der Waals surface area contributed by atoms with Crippen molar-refractivity contribution in [3.63, 3.8) is 0 Å². The van der Waals surface area contributed by atoms with E-state index in [0.29, 0.717) is 11.7 Å². The van der Waals surface area contributed by atoms with Crippen LogP contribution < -0.4 is 10.6 Å². The minimum Gasteiger partial charge on any atom is -0.378 e. The maximum Gasteiger partial charge on any atom is 0.253 e. The van der Waals surface area contributed by atoms with Gasteiger partial charge in [-0.15, -0.1) is 0 Å². The van der Waals surface area contributed by atoms with E-state index in [1.807, 2.05) is 6.92 Å². The molecule has 0 spiro atoms. The Morgan fingerprint density at radius 2 is 2.28 bits per heavy atom. The number of hydrogen-bond acceptors (Lipinski definition) is 4. The number of pyridine rings is 1. The van der Waals surface area contributed by atoms with Crippen LogP contribution in [0.3, 0.4) is 0 Å². The summed E-state index contributed by atoms with van der Waals surface area (Å²) in [5, 5.41) is 5.90. The van der Waals surface area contributed by atoms with Crippen LogP contribution in [0.25, 0.3) is 0 Å². The highest BCUT2D eigenvalue weighted by atomic mass is 16.5. The standard InChI is InChI=1S/C13H19N3O2/c1-3-18-11-6-10(7-11)16-13(17)9-4-5-12(14-2)15-8-9/h4-5,8,10-11H,3,6-7H2,1-2H3,(H,14,15)(H,16,17). The molecule has 18 heavy (non-hydrogen) atoms. The number of anilines is 1. The fourth-order valence-electron chi connectivity index (χ4n) is 2.00. The summed E-state index contributed by atoms with van der Waals surface area (Å²) in [6.07, 6.45) is 3.70. The summed E-state index contributed by atoms with van der Waals surface area (Å²) in [4.78, 5) is 16.0. The van der Waals surface area contributed by atoms with Crippen LogP contribution >= 0.6 is 0 Å². The normalized spacial score (nSPS) is 22.1. The summed E-state index contributed by atoms with van der Waals surface area (Å²) < 4.78 is 5.45. The molecule has 5 heteroatoms. The molecule has 0 atom stereocenters.